The summed E-state index contributed by atoms with van der Waals surface area (Å²) < 4.78 is 4.79. The van der Waals surface area contributed by atoms with Gasteiger partial charge in [0.1, 0.15) is 0 Å². The van der Waals surface area contributed by atoms with Crippen LogP contribution >= 0.6 is 0 Å². The fourth-order valence-electron chi connectivity index (χ4n) is 9.64. The second-order valence-electron chi connectivity index (χ2n) is 16.6. The van der Waals surface area contributed by atoms with Crippen LogP contribution in [0.2, 0.25) is 0 Å². The second kappa shape index (κ2) is 15.2. The zero-order valence-electron chi connectivity index (χ0n) is 35.4. The molecule has 3 aromatic heterocycles. The molecule has 0 aliphatic carbocycles. The van der Waals surface area contributed by atoms with Crippen molar-refractivity contribution in [2.45, 2.75) is 13.8 Å². The predicted molar refractivity (Wildman–Crippen MR) is 265 cm³/mol. The highest BCUT2D eigenvalue weighted by Crippen LogP contribution is 2.42. The van der Waals surface area contributed by atoms with Crippen molar-refractivity contribution in [2.24, 2.45) is 0 Å². The standard InChI is InChI=1S/C59H41N5/c1-38-29-32-44(39(2)35-38)42-30-33-55-49(36-42)48-24-12-16-28-54(48)64(55)56-34-31-43(45-21-9-13-25-51(45)63-52-26-14-10-22-46(52)47-23-11-15-27-53(47)63)37-50(56)59-61-57(40-17-5-3-6-18-40)60-58(62-59)41-19-7-4-8-20-41/h3-37H,1-2H3. The Kier molecular flexibility index (Phi) is 8.87. The molecule has 0 amide bonds. The number of fused-ring (bicyclic) bond motifs is 6. The molecule has 64 heavy (non-hydrogen) atoms. The number of nitrogens with zero attached hydrogens (tertiary/aromatic N) is 5. The van der Waals surface area contributed by atoms with Gasteiger partial charge < -0.3 is 9.13 Å². The molecule has 12 rings (SSSR count). The van der Waals surface area contributed by atoms with E-state index in [0.717, 1.165) is 61.3 Å². The largest absolute Gasteiger partial charge is 0.309 e. The third-order valence-electron chi connectivity index (χ3n) is 12.6. The molecule has 0 unspecified atom stereocenters. The maximum absolute atomic E-state index is 5.35. The van der Waals surface area contributed by atoms with Crippen molar-refractivity contribution in [1.82, 2.24) is 24.1 Å². The molecular weight excluding hydrogens is 779 g/mol. The number of para-hydroxylation sites is 4. The van der Waals surface area contributed by atoms with Crippen molar-refractivity contribution < 1.29 is 0 Å². The first-order chi connectivity index (χ1) is 31.6. The first kappa shape index (κ1) is 37.4. The number of benzene rings is 9. The van der Waals surface area contributed by atoms with Crippen LogP contribution in [0.1, 0.15) is 11.1 Å². The van der Waals surface area contributed by atoms with Crippen LogP contribution in [0, 0.1) is 13.8 Å². The smallest absolute Gasteiger partial charge is 0.166 e. The third-order valence-corrected chi connectivity index (χ3v) is 12.6. The van der Waals surface area contributed by atoms with E-state index in [0.29, 0.717) is 17.5 Å². The number of aromatic nitrogens is 5. The van der Waals surface area contributed by atoms with Crippen LogP contribution in [0.4, 0.5) is 0 Å². The molecule has 0 radical (unpaired) electrons. The van der Waals surface area contributed by atoms with Gasteiger partial charge in [0, 0.05) is 43.8 Å². The highest BCUT2D eigenvalue weighted by molar-refractivity contribution is 6.12. The Morgan fingerprint density at radius 3 is 1.38 bits per heavy atom. The molecule has 0 bridgehead atoms. The van der Waals surface area contributed by atoms with E-state index in [9.17, 15) is 0 Å². The Morgan fingerprint density at radius 2 is 0.766 bits per heavy atom. The van der Waals surface area contributed by atoms with Crippen molar-refractivity contribution in [2.75, 3.05) is 0 Å². The van der Waals surface area contributed by atoms with E-state index in [4.69, 9.17) is 15.0 Å². The first-order valence-electron chi connectivity index (χ1n) is 21.8. The van der Waals surface area contributed by atoms with E-state index in [1.165, 1.54) is 43.8 Å². The van der Waals surface area contributed by atoms with Crippen LogP contribution in [-0.4, -0.2) is 24.1 Å². The van der Waals surface area contributed by atoms with Crippen molar-refractivity contribution in [3.63, 3.8) is 0 Å². The topological polar surface area (TPSA) is 48.5 Å². The molecule has 0 atom stereocenters. The van der Waals surface area contributed by atoms with Gasteiger partial charge in [-0.2, -0.15) is 0 Å². The van der Waals surface area contributed by atoms with E-state index in [2.05, 4.69) is 199 Å². The molecule has 9 aromatic carbocycles. The summed E-state index contributed by atoms with van der Waals surface area (Å²) in [7, 11) is 0. The molecule has 302 valence electrons. The van der Waals surface area contributed by atoms with Crippen molar-refractivity contribution in [3.05, 3.63) is 223 Å². The van der Waals surface area contributed by atoms with Gasteiger partial charge in [-0.15, -0.1) is 0 Å². The molecule has 5 heteroatoms. The summed E-state index contributed by atoms with van der Waals surface area (Å²) in [6.45, 7) is 4.35. The second-order valence-corrected chi connectivity index (χ2v) is 16.6. The first-order valence-corrected chi connectivity index (χ1v) is 21.8. The summed E-state index contributed by atoms with van der Waals surface area (Å²) in [5, 5.41) is 4.82. The number of hydrogen-bond acceptors (Lipinski definition) is 3. The van der Waals surface area contributed by atoms with E-state index in [-0.39, 0.29) is 0 Å². The van der Waals surface area contributed by atoms with Gasteiger partial charge in [-0.25, -0.2) is 15.0 Å². The molecule has 0 aliphatic rings. The monoisotopic (exact) mass is 819 g/mol. The predicted octanol–water partition coefficient (Wildman–Crippen LogP) is 15.0. The normalized spacial score (nSPS) is 11.6. The van der Waals surface area contributed by atoms with Crippen molar-refractivity contribution >= 4 is 43.6 Å². The van der Waals surface area contributed by atoms with Gasteiger partial charge in [0.25, 0.3) is 0 Å². The Balaban J connectivity index is 1.15. The average molecular weight is 820 g/mol. The summed E-state index contributed by atoms with van der Waals surface area (Å²) >= 11 is 0. The molecule has 0 saturated carbocycles. The van der Waals surface area contributed by atoms with Crippen LogP contribution in [0.3, 0.4) is 0 Å². The lowest BCUT2D eigenvalue weighted by atomic mass is 9.97. The van der Waals surface area contributed by atoms with Gasteiger partial charge in [0.15, 0.2) is 17.5 Å². The van der Waals surface area contributed by atoms with Crippen LogP contribution in [0.5, 0.6) is 0 Å². The third kappa shape index (κ3) is 6.20. The number of aryl methyl sites for hydroxylation is 2. The fourth-order valence-corrected chi connectivity index (χ4v) is 9.64. The van der Waals surface area contributed by atoms with Crippen LogP contribution in [0.25, 0.3) is 111 Å². The summed E-state index contributed by atoms with van der Waals surface area (Å²) in [5.74, 6) is 1.83. The maximum Gasteiger partial charge on any atom is 0.166 e. The summed E-state index contributed by atoms with van der Waals surface area (Å²) in [5.41, 5.74) is 16.5. The molecular formula is C59H41N5. The van der Waals surface area contributed by atoms with Gasteiger partial charge in [0.2, 0.25) is 0 Å². The Labute approximate surface area is 371 Å². The van der Waals surface area contributed by atoms with E-state index in [1.807, 2.05) is 36.4 Å². The van der Waals surface area contributed by atoms with Gasteiger partial charge >= 0.3 is 0 Å². The molecule has 0 saturated heterocycles. The quantitative estimate of drug-likeness (QED) is 0.161. The zero-order chi connectivity index (χ0) is 42.7. The minimum absolute atomic E-state index is 0.594. The molecule has 12 aromatic rings. The SMILES string of the molecule is Cc1ccc(-c2ccc3c(c2)c2ccccc2n3-c2ccc(-c3ccccc3-n3c4ccccc4c4ccccc43)cc2-c2nc(-c3ccccc3)nc(-c3ccccc3)n2)c(C)c1. The Morgan fingerprint density at radius 1 is 0.297 bits per heavy atom. The minimum atomic E-state index is 0.594. The van der Waals surface area contributed by atoms with Crippen LogP contribution in [-0.2, 0) is 0 Å². The fraction of sp³-hybridized carbons (Fsp3) is 0.0339. The summed E-state index contributed by atoms with van der Waals surface area (Å²) in [6.07, 6.45) is 0. The summed E-state index contributed by atoms with van der Waals surface area (Å²) in [6, 6.07) is 75.6. The molecule has 0 spiro atoms. The molecule has 5 nitrogen and oxygen atoms in total. The van der Waals surface area contributed by atoms with Crippen LogP contribution < -0.4 is 0 Å². The number of rotatable bonds is 7. The molecule has 3 heterocycles. The average Bonchev–Trinajstić information content (AvgIpc) is 3.87. The van der Waals surface area contributed by atoms with E-state index in [1.54, 1.807) is 0 Å². The Hall–Kier alpha value is -8.41. The molecule has 0 N–H and O–H groups in total. The molecule has 0 fully saturated rings. The molecule has 0 aliphatic heterocycles. The van der Waals surface area contributed by atoms with Gasteiger partial charge in [-0.1, -0.05) is 169 Å². The van der Waals surface area contributed by atoms with Gasteiger partial charge in [-0.3, -0.25) is 0 Å². The van der Waals surface area contributed by atoms with E-state index >= 15 is 0 Å². The van der Waals surface area contributed by atoms with Crippen molar-refractivity contribution in [1.29, 1.82) is 0 Å². The lowest BCUT2D eigenvalue weighted by Gasteiger charge is -2.18. The van der Waals surface area contributed by atoms with Crippen molar-refractivity contribution in [3.8, 4) is 67.8 Å². The van der Waals surface area contributed by atoms with Gasteiger partial charge in [-0.05, 0) is 84.6 Å². The van der Waals surface area contributed by atoms with Gasteiger partial charge in [0.05, 0.1) is 33.4 Å². The minimum Gasteiger partial charge on any atom is -0.309 e. The van der Waals surface area contributed by atoms with E-state index < -0.39 is 0 Å². The summed E-state index contributed by atoms with van der Waals surface area (Å²) in [4.78, 5) is 15.8. The maximum atomic E-state index is 5.35. The zero-order valence-corrected chi connectivity index (χ0v) is 35.4. The highest BCUT2D eigenvalue weighted by atomic mass is 15.1. The Bertz CT molecular complexity index is 3640. The lowest BCUT2D eigenvalue weighted by molar-refractivity contribution is 1.06. The lowest BCUT2D eigenvalue weighted by Crippen LogP contribution is -2.04. The van der Waals surface area contributed by atoms with Crippen LogP contribution in [0.15, 0.2) is 212 Å². The highest BCUT2D eigenvalue weighted by Gasteiger charge is 2.22. The number of hydrogen-bond donors (Lipinski definition) is 0.